The first-order valence-corrected chi connectivity index (χ1v) is 4.23. The standard InChI is InChI=1S/C11H9NO2/c1-14-10-4-5-11-8(6-10)2-3-9(7-13)12-11/h2-7H,1H3. The number of hydrogen-bond donors (Lipinski definition) is 0. The second-order valence-corrected chi connectivity index (χ2v) is 2.91. The molecular formula is C11H9NO2. The van der Waals surface area contributed by atoms with Crippen molar-refractivity contribution in [1.29, 1.82) is 0 Å². The topological polar surface area (TPSA) is 39.2 Å². The Morgan fingerprint density at radius 3 is 2.86 bits per heavy atom. The van der Waals surface area contributed by atoms with Gasteiger partial charge < -0.3 is 4.74 Å². The van der Waals surface area contributed by atoms with Crippen molar-refractivity contribution in [3.63, 3.8) is 0 Å². The van der Waals surface area contributed by atoms with Gasteiger partial charge in [0.05, 0.1) is 12.6 Å². The average molecular weight is 187 g/mol. The molecule has 0 saturated carbocycles. The molecule has 0 aliphatic heterocycles. The number of pyridine rings is 1. The van der Waals surface area contributed by atoms with Gasteiger partial charge in [-0.25, -0.2) is 4.98 Å². The molecule has 0 amide bonds. The third-order valence-electron chi connectivity index (χ3n) is 2.04. The smallest absolute Gasteiger partial charge is 0.168 e. The molecule has 0 aliphatic rings. The first kappa shape index (κ1) is 8.69. The number of aldehydes is 1. The quantitative estimate of drug-likeness (QED) is 0.675. The molecule has 0 fully saturated rings. The van der Waals surface area contributed by atoms with Gasteiger partial charge in [-0.3, -0.25) is 4.79 Å². The Morgan fingerprint density at radius 1 is 1.29 bits per heavy atom. The molecule has 14 heavy (non-hydrogen) atoms. The highest BCUT2D eigenvalue weighted by Gasteiger charge is 1.98. The average Bonchev–Trinajstić information content (AvgIpc) is 2.27. The van der Waals surface area contributed by atoms with E-state index in [0.717, 1.165) is 22.9 Å². The molecule has 70 valence electrons. The predicted octanol–water partition coefficient (Wildman–Crippen LogP) is 2.06. The van der Waals surface area contributed by atoms with Crippen molar-refractivity contribution >= 4 is 17.2 Å². The number of nitrogens with zero attached hydrogens (tertiary/aromatic N) is 1. The van der Waals surface area contributed by atoms with Crippen LogP contribution < -0.4 is 4.74 Å². The van der Waals surface area contributed by atoms with Crippen LogP contribution in [-0.2, 0) is 0 Å². The molecule has 2 aromatic rings. The second kappa shape index (κ2) is 3.46. The van der Waals surface area contributed by atoms with E-state index in [1.807, 2.05) is 24.3 Å². The first-order valence-electron chi connectivity index (χ1n) is 4.23. The van der Waals surface area contributed by atoms with Crippen molar-refractivity contribution in [3.8, 4) is 5.75 Å². The summed E-state index contributed by atoms with van der Waals surface area (Å²) in [6.07, 6.45) is 0.740. The van der Waals surface area contributed by atoms with Crippen molar-refractivity contribution in [2.45, 2.75) is 0 Å². The van der Waals surface area contributed by atoms with Crippen molar-refractivity contribution in [2.75, 3.05) is 7.11 Å². The van der Waals surface area contributed by atoms with Crippen molar-refractivity contribution < 1.29 is 9.53 Å². The molecular weight excluding hydrogens is 178 g/mol. The summed E-state index contributed by atoms with van der Waals surface area (Å²) in [5.74, 6) is 0.790. The molecule has 0 bridgehead atoms. The molecule has 3 heteroatoms. The van der Waals surface area contributed by atoms with Gasteiger partial charge in [-0.2, -0.15) is 0 Å². The zero-order valence-corrected chi connectivity index (χ0v) is 7.73. The highest BCUT2D eigenvalue weighted by molar-refractivity contribution is 5.84. The molecule has 0 aliphatic carbocycles. The number of carbonyl (C=O) groups is 1. The summed E-state index contributed by atoms with van der Waals surface area (Å²) in [5, 5.41) is 0.968. The molecule has 1 heterocycles. The van der Waals surface area contributed by atoms with Crippen molar-refractivity contribution in [1.82, 2.24) is 4.98 Å². The maximum Gasteiger partial charge on any atom is 0.168 e. The summed E-state index contributed by atoms with van der Waals surface area (Å²) in [6, 6.07) is 9.09. The summed E-state index contributed by atoms with van der Waals surface area (Å²) in [4.78, 5) is 14.6. The molecule has 0 atom stereocenters. The summed E-state index contributed by atoms with van der Waals surface area (Å²) in [6.45, 7) is 0. The number of rotatable bonds is 2. The lowest BCUT2D eigenvalue weighted by Crippen LogP contribution is -1.88. The van der Waals surface area contributed by atoms with Gasteiger partial charge >= 0.3 is 0 Å². The Bertz CT molecular complexity index is 480. The molecule has 1 aromatic carbocycles. The molecule has 0 unspecified atom stereocenters. The largest absolute Gasteiger partial charge is 0.497 e. The fourth-order valence-electron chi connectivity index (χ4n) is 1.31. The van der Waals surface area contributed by atoms with Crippen LogP contribution in [0.5, 0.6) is 5.75 Å². The zero-order chi connectivity index (χ0) is 9.97. The SMILES string of the molecule is COc1ccc2nc(C=O)ccc2c1. The van der Waals surface area contributed by atoms with Crippen LogP contribution in [0, 0.1) is 0 Å². The van der Waals surface area contributed by atoms with Crippen LogP contribution in [0.4, 0.5) is 0 Å². The van der Waals surface area contributed by atoms with E-state index in [0.29, 0.717) is 5.69 Å². The fraction of sp³-hybridized carbons (Fsp3) is 0.0909. The van der Waals surface area contributed by atoms with Crippen LogP contribution in [0.15, 0.2) is 30.3 Å². The highest BCUT2D eigenvalue weighted by Crippen LogP contribution is 2.18. The van der Waals surface area contributed by atoms with Gasteiger partial charge in [0.1, 0.15) is 11.4 Å². The van der Waals surface area contributed by atoms with E-state index in [-0.39, 0.29) is 0 Å². The second-order valence-electron chi connectivity index (χ2n) is 2.91. The van der Waals surface area contributed by atoms with Gasteiger partial charge in [0.25, 0.3) is 0 Å². The van der Waals surface area contributed by atoms with Gasteiger partial charge in [0.2, 0.25) is 0 Å². The molecule has 3 nitrogen and oxygen atoms in total. The van der Waals surface area contributed by atoms with Crippen molar-refractivity contribution in [2.24, 2.45) is 0 Å². The van der Waals surface area contributed by atoms with Crippen LogP contribution in [0.1, 0.15) is 10.5 Å². The van der Waals surface area contributed by atoms with Gasteiger partial charge in [0.15, 0.2) is 6.29 Å². The Kier molecular flexibility index (Phi) is 2.14. The predicted molar refractivity (Wildman–Crippen MR) is 53.7 cm³/mol. The Hall–Kier alpha value is -1.90. The van der Waals surface area contributed by atoms with Crippen LogP contribution in [0.3, 0.4) is 0 Å². The minimum Gasteiger partial charge on any atom is -0.497 e. The minimum absolute atomic E-state index is 0.447. The minimum atomic E-state index is 0.447. The Labute approximate surface area is 81.3 Å². The fourth-order valence-corrected chi connectivity index (χ4v) is 1.31. The molecule has 0 spiro atoms. The number of hydrogen-bond acceptors (Lipinski definition) is 3. The van der Waals surface area contributed by atoms with E-state index in [4.69, 9.17) is 4.74 Å². The number of ether oxygens (including phenoxy) is 1. The van der Waals surface area contributed by atoms with Crippen LogP contribution in [-0.4, -0.2) is 18.4 Å². The lowest BCUT2D eigenvalue weighted by molar-refractivity contribution is 0.111. The maximum atomic E-state index is 10.5. The van der Waals surface area contributed by atoms with Crippen LogP contribution in [0.2, 0.25) is 0 Å². The number of benzene rings is 1. The normalized spacial score (nSPS) is 10.1. The monoisotopic (exact) mass is 187 g/mol. The summed E-state index contributed by atoms with van der Waals surface area (Å²) in [7, 11) is 1.62. The third-order valence-corrected chi connectivity index (χ3v) is 2.04. The maximum absolute atomic E-state index is 10.5. The molecule has 0 saturated heterocycles. The lowest BCUT2D eigenvalue weighted by Gasteiger charge is -2.01. The van der Waals surface area contributed by atoms with E-state index in [1.54, 1.807) is 13.2 Å². The van der Waals surface area contributed by atoms with E-state index in [9.17, 15) is 4.79 Å². The van der Waals surface area contributed by atoms with Crippen LogP contribution >= 0.6 is 0 Å². The van der Waals surface area contributed by atoms with Gasteiger partial charge in [-0.05, 0) is 24.3 Å². The Morgan fingerprint density at radius 2 is 2.14 bits per heavy atom. The van der Waals surface area contributed by atoms with Gasteiger partial charge in [-0.1, -0.05) is 6.07 Å². The van der Waals surface area contributed by atoms with Gasteiger partial charge in [-0.15, -0.1) is 0 Å². The third kappa shape index (κ3) is 1.44. The highest BCUT2D eigenvalue weighted by atomic mass is 16.5. The first-order chi connectivity index (χ1) is 6.83. The summed E-state index contributed by atoms with van der Waals surface area (Å²) in [5.41, 5.74) is 1.25. The van der Waals surface area contributed by atoms with E-state index in [2.05, 4.69) is 4.98 Å². The number of carbonyl (C=O) groups excluding carboxylic acids is 1. The molecule has 0 N–H and O–H groups in total. The number of aromatic nitrogens is 1. The number of fused-ring (bicyclic) bond motifs is 1. The van der Waals surface area contributed by atoms with E-state index in [1.165, 1.54) is 0 Å². The summed E-state index contributed by atoms with van der Waals surface area (Å²) < 4.78 is 5.08. The van der Waals surface area contributed by atoms with E-state index >= 15 is 0 Å². The molecule has 1 aromatic heterocycles. The van der Waals surface area contributed by atoms with E-state index < -0.39 is 0 Å². The van der Waals surface area contributed by atoms with Crippen LogP contribution in [0.25, 0.3) is 10.9 Å². The van der Waals surface area contributed by atoms with Crippen molar-refractivity contribution in [3.05, 3.63) is 36.0 Å². The lowest BCUT2D eigenvalue weighted by atomic mass is 10.2. The molecule has 0 radical (unpaired) electrons. The summed E-state index contributed by atoms with van der Waals surface area (Å²) >= 11 is 0. The number of methoxy groups -OCH3 is 1. The zero-order valence-electron chi connectivity index (χ0n) is 7.73. The van der Waals surface area contributed by atoms with Gasteiger partial charge in [0, 0.05) is 5.39 Å². The molecule has 2 rings (SSSR count). The Balaban J connectivity index is 2.63.